The van der Waals surface area contributed by atoms with Crippen LogP contribution in [0.4, 0.5) is 13.6 Å². The van der Waals surface area contributed by atoms with Crippen molar-refractivity contribution in [1.29, 1.82) is 0 Å². The SMILES string of the molecule is Fc1ccc([S+](c2ccccc2)c2ccc(F)cc2)cc1.O=C([O-])O. The number of benzene rings is 3. The van der Waals surface area contributed by atoms with Gasteiger partial charge in [0.15, 0.2) is 14.7 Å². The second kappa shape index (κ2) is 8.84. The standard InChI is InChI=1S/C18H13F2S.CH2O3/c19-14-6-10-17(11-7-14)21(16-4-2-1-3-5-16)18-12-8-15(20)9-13-18;2-1(3)4/h1-13H;(H2,2,3,4)/q+1;/p-1. The Morgan fingerprint density at radius 3 is 1.40 bits per heavy atom. The summed E-state index contributed by atoms with van der Waals surface area (Å²) in [7, 11) is -0.365. The number of halogens is 2. The zero-order chi connectivity index (χ0) is 18.2. The van der Waals surface area contributed by atoms with Gasteiger partial charge in [-0.25, -0.2) is 8.78 Å². The molecule has 0 heterocycles. The summed E-state index contributed by atoms with van der Waals surface area (Å²) in [6, 6.07) is 23.0. The van der Waals surface area contributed by atoms with Gasteiger partial charge in [-0.15, -0.1) is 0 Å². The van der Waals surface area contributed by atoms with E-state index in [2.05, 4.69) is 0 Å². The Labute approximate surface area is 146 Å². The lowest BCUT2D eigenvalue weighted by atomic mass is 10.3. The highest BCUT2D eigenvalue weighted by Gasteiger charge is 2.28. The summed E-state index contributed by atoms with van der Waals surface area (Å²) in [5, 5.41) is 15.3. The minimum Gasteiger partial charge on any atom is -0.565 e. The quantitative estimate of drug-likeness (QED) is 0.720. The molecule has 0 atom stereocenters. The third-order valence-corrected chi connectivity index (χ3v) is 5.31. The minimum absolute atomic E-state index is 0.255. The first-order valence-corrected chi connectivity index (χ1v) is 8.40. The molecule has 3 aromatic carbocycles. The molecule has 0 aromatic heterocycles. The molecule has 0 fully saturated rings. The summed E-state index contributed by atoms with van der Waals surface area (Å²) >= 11 is 0. The van der Waals surface area contributed by atoms with Gasteiger partial charge < -0.3 is 15.0 Å². The van der Waals surface area contributed by atoms with E-state index in [-0.39, 0.29) is 22.5 Å². The average molecular weight is 360 g/mol. The van der Waals surface area contributed by atoms with Crippen LogP contribution < -0.4 is 5.11 Å². The van der Waals surface area contributed by atoms with Gasteiger partial charge in [-0.3, -0.25) is 0 Å². The Morgan fingerprint density at radius 2 is 1.04 bits per heavy atom. The summed E-state index contributed by atoms with van der Waals surface area (Å²) in [6.07, 6.45) is -2.08. The lowest BCUT2D eigenvalue weighted by molar-refractivity contribution is -0.275. The van der Waals surface area contributed by atoms with Crippen molar-refractivity contribution in [2.75, 3.05) is 0 Å². The van der Waals surface area contributed by atoms with Crippen molar-refractivity contribution in [3.63, 3.8) is 0 Å². The van der Waals surface area contributed by atoms with E-state index >= 15 is 0 Å². The van der Waals surface area contributed by atoms with Crippen molar-refractivity contribution in [3.8, 4) is 0 Å². The molecule has 0 saturated carbocycles. The molecule has 3 rings (SSSR count). The number of carbonyl (C=O) groups is 1. The lowest BCUT2D eigenvalue weighted by Gasteiger charge is -2.07. The summed E-state index contributed by atoms with van der Waals surface area (Å²) in [5.41, 5.74) is 0. The Kier molecular flexibility index (Phi) is 6.54. The number of carboxylic acid groups (broad SMARTS) is 2. The fraction of sp³-hybridized carbons (Fsp3) is 0. The largest absolute Gasteiger partial charge is 0.565 e. The van der Waals surface area contributed by atoms with Crippen molar-refractivity contribution >= 4 is 17.1 Å². The van der Waals surface area contributed by atoms with Crippen LogP contribution in [0.1, 0.15) is 0 Å². The van der Waals surface area contributed by atoms with Gasteiger partial charge in [-0.05, 0) is 60.7 Å². The Morgan fingerprint density at radius 1 is 0.720 bits per heavy atom. The fourth-order valence-corrected chi connectivity index (χ4v) is 4.17. The van der Waals surface area contributed by atoms with Crippen LogP contribution in [0.15, 0.2) is 93.5 Å². The Balaban J connectivity index is 0.000000511. The van der Waals surface area contributed by atoms with Crippen LogP contribution in [-0.4, -0.2) is 11.3 Å². The van der Waals surface area contributed by atoms with Crippen LogP contribution in [0.5, 0.6) is 0 Å². The smallest absolute Gasteiger partial charge is 0.249 e. The molecule has 25 heavy (non-hydrogen) atoms. The van der Waals surface area contributed by atoms with E-state index in [1.165, 1.54) is 24.3 Å². The number of hydrogen-bond acceptors (Lipinski definition) is 2. The molecule has 1 N–H and O–H groups in total. The van der Waals surface area contributed by atoms with Crippen molar-refractivity contribution in [2.45, 2.75) is 14.7 Å². The van der Waals surface area contributed by atoms with E-state index in [0.29, 0.717) is 0 Å². The van der Waals surface area contributed by atoms with Gasteiger partial charge in [0, 0.05) is 0 Å². The molecular formula is C19H14F2O3S. The molecule has 0 amide bonds. The van der Waals surface area contributed by atoms with Crippen LogP contribution in [0.2, 0.25) is 0 Å². The van der Waals surface area contributed by atoms with E-state index in [1.807, 2.05) is 30.3 Å². The molecule has 0 aliphatic carbocycles. The molecule has 0 spiro atoms. The highest BCUT2D eigenvalue weighted by molar-refractivity contribution is 7.97. The van der Waals surface area contributed by atoms with Crippen LogP contribution in [0.25, 0.3) is 0 Å². The predicted molar refractivity (Wildman–Crippen MR) is 89.4 cm³/mol. The zero-order valence-corrected chi connectivity index (χ0v) is 13.7. The third kappa shape index (κ3) is 5.61. The van der Waals surface area contributed by atoms with Gasteiger partial charge in [0.05, 0.1) is 10.9 Å². The van der Waals surface area contributed by atoms with Crippen LogP contribution in [0, 0.1) is 11.6 Å². The van der Waals surface area contributed by atoms with Gasteiger partial charge >= 0.3 is 0 Å². The second-order valence-electron chi connectivity index (χ2n) is 4.79. The number of rotatable bonds is 3. The van der Waals surface area contributed by atoms with Crippen molar-refractivity contribution in [1.82, 2.24) is 0 Å². The lowest BCUT2D eigenvalue weighted by Crippen LogP contribution is -2.17. The molecule has 0 aliphatic heterocycles. The molecule has 128 valence electrons. The summed E-state index contributed by atoms with van der Waals surface area (Å²) < 4.78 is 26.3. The monoisotopic (exact) mass is 360 g/mol. The maximum Gasteiger partial charge on any atom is 0.249 e. The van der Waals surface area contributed by atoms with Gasteiger partial charge in [0.1, 0.15) is 11.6 Å². The first kappa shape index (κ1) is 18.5. The highest BCUT2D eigenvalue weighted by atomic mass is 32.2. The first-order valence-electron chi connectivity index (χ1n) is 7.18. The summed E-state index contributed by atoms with van der Waals surface area (Å²) in [4.78, 5) is 11.6. The maximum absolute atomic E-state index is 13.2. The molecule has 3 aromatic rings. The molecule has 0 aliphatic rings. The molecule has 0 bridgehead atoms. The minimum atomic E-state index is -2.08. The third-order valence-electron chi connectivity index (χ3n) is 3.08. The molecule has 0 unspecified atom stereocenters. The van der Waals surface area contributed by atoms with Gasteiger partial charge in [-0.2, -0.15) is 0 Å². The second-order valence-corrected chi connectivity index (χ2v) is 6.82. The predicted octanol–water partition coefficient (Wildman–Crippen LogP) is 3.95. The van der Waals surface area contributed by atoms with E-state index in [9.17, 15) is 8.78 Å². The molecule has 0 radical (unpaired) electrons. The average Bonchev–Trinajstić information content (AvgIpc) is 2.59. The maximum atomic E-state index is 13.2. The number of hydrogen-bond donors (Lipinski definition) is 1. The molecular weight excluding hydrogens is 346 g/mol. The Hall–Kier alpha value is -2.86. The van der Waals surface area contributed by atoms with Crippen LogP contribution in [0.3, 0.4) is 0 Å². The van der Waals surface area contributed by atoms with Crippen LogP contribution in [-0.2, 0) is 10.9 Å². The van der Waals surface area contributed by atoms with E-state index in [4.69, 9.17) is 15.0 Å². The normalized spacial score (nSPS) is 10.0. The van der Waals surface area contributed by atoms with Crippen molar-refractivity contribution < 1.29 is 23.8 Å². The van der Waals surface area contributed by atoms with E-state index in [0.717, 1.165) is 14.7 Å². The van der Waals surface area contributed by atoms with Crippen LogP contribution >= 0.6 is 0 Å². The van der Waals surface area contributed by atoms with Gasteiger partial charge in [0.25, 0.3) is 0 Å². The highest BCUT2D eigenvalue weighted by Crippen LogP contribution is 2.31. The molecule has 0 saturated heterocycles. The zero-order valence-electron chi connectivity index (χ0n) is 12.9. The molecule has 3 nitrogen and oxygen atoms in total. The molecule has 6 heteroatoms. The van der Waals surface area contributed by atoms with Gasteiger partial charge in [0.2, 0.25) is 6.16 Å². The first-order chi connectivity index (χ1) is 12.0. The van der Waals surface area contributed by atoms with E-state index < -0.39 is 6.16 Å². The summed E-state index contributed by atoms with van der Waals surface area (Å²) in [6.45, 7) is 0. The van der Waals surface area contributed by atoms with Crippen molar-refractivity contribution in [3.05, 3.63) is 90.5 Å². The van der Waals surface area contributed by atoms with E-state index in [1.54, 1.807) is 24.3 Å². The fourth-order valence-electron chi connectivity index (χ4n) is 2.11. The summed E-state index contributed by atoms with van der Waals surface area (Å²) in [5.74, 6) is -0.510. The van der Waals surface area contributed by atoms with Crippen molar-refractivity contribution in [2.24, 2.45) is 0 Å². The topological polar surface area (TPSA) is 60.4 Å². The Bertz CT molecular complexity index is 757. The van der Waals surface area contributed by atoms with Gasteiger partial charge in [-0.1, -0.05) is 18.2 Å².